The van der Waals surface area contributed by atoms with E-state index >= 15 is 0 Å². The lowest BCUT2D eigenvalue weighted by molar-refractivity contribution is 0.504. The zero-order chi connectivity index (χ0) is 8.97. The first kappa shape index (κ1) is 8.58. The van der Waals surface area contributed by atoms with E-state index in [0.717, 1.165) is 0 Å². The summed E-state index contributed by atoms with van der Waals surface area (Å²) in [5.74, 6) is 0.413. The van der Waals surface area contributed by atoms with Crippen LogP contribution in [0.5, 0.6) is 5.75 Å². The van der Waals surface area contributed by atoms with Gasteiger partial charge in [-0.15, -0.1) is 5.26 Å². The molecule has 4 heteroatoms. The van der Waals surface area contributed by atoms with Gasteiger partial charge in [-0.05, 0) is 34.1 Å². The van der Waals surface area contributed by atoms with Gasteiger partial charge in [-0.1, -0.05) is 0 Å². The number of rotatable bonds is 1. The Morgan fingerprint density at radius 1 is 1.33 bits per heavy atom. The van der Waals surface area contributed by atoms with Gasteiger partial charge in [0.25, 0.3) is 6.26 Å². The van der Waals surface area contributed by atoms with E-state index in [1.807, 2.05) is 6.07 Å². The molecule has 0 amide bonds. The minimum Gasteiger partial charge on any atom is -0.387 e. The summed E-state index contributed by atoms with van der Waals surface area (Å²) in [5.41, 5.74) is 0.521. The van der Waals surface area contributed by atoms with E-state index in [0.29, 0.717) is 15.8 Å². The first-order valence-electron chi connectivity index (χ1n) is 3.03. The number of ether oxygens (including phenoxy) is 1. The van der Waals surface area contributed by atoms with Gasteiger partial charge in [0.1, 0.15) is 0 Å². The lowest BCUT2D eigenvalue weighted by Gasteiger charge is -1.98. The van der Waals surface area contributed by atoms with Crippen molar-refractivity contribution in [1.29, 1.82) is 10.5 Å². The lowest BCUT2D eigenvalue weighted by Crippen LogP contribution is -1.84. The summed E-state index contributed by atoms with van der Waals surface area (Å²) in [5, 5.41) is 16.7. The van der Waals surface area contributed by atoms with Crippen molar-refractivity contribution in [3.05, 3.63) is 28.2 Å². The summed E-state index contributed by atoms with van der Waals surface area (Å²) in [6, 6.07) is 6.70. The van der Waals surface area contributed by atoms with Crippen LogP contribution in [-0.4, -0.2) is 0 Å². The van der Waals surface area contributed by atoms with Crippen molar-refractivity contribution in [2.45, 2.75) is 0 Å². The van der Waals surface area contributed by atoms with E-state index in [9.17, 15) is 0 Å². The Morgan fingerprint density at radius 2 is 2.08 bits per heavy atom. The van der Waals surface area contributed by atoms with Crippen LogP contribution in [0.3, 0.4) is 0 Å². The van der Waals surface area contributed by atoms with Crippen LogP contribution < -0.4 is 4.74 Å². The van der Waals surface area contributed by atoms with Crippen molar-refractivity contribution in [2.24, 2.45) is 0 Å². The third-order valence-electron chi connectivity index (χ3n) is 1.22. The molecule has 0 saturated carbocycles. The topological polar surface area (TPSA) is 56.8 Å². The van der Waals surface area contributed by atoms with Gasteiger partial charge >= 0.3 is 0 Å². The Morgan fingerprint density at radius 3 is 2.58 bits per heavy atom. The van der Waals surface area contributed by atoms with Crippen LogP contribution in [0.25, 0.3) is 0 Å². The second-order valence-corrected chi connectivity index (χ2v) is 2.80. The zero-order valence-electron chi connectivity index (χ0n) is 5.91. The van der Waals surface area contributed by atoms with Crippen LogP contribution in [0.15, 0.2) is 22.7 Å². The van der Waals surface area contributed by atoms with E-state index in [2.05, 4.69) is 20.7 Å². The number of nitrogens with zero attached hydrogens (tertiary/aromatic N) is 2. The smallest absolute Gasteiger partial charge is 0.292 e. The molecule has 0 unspecified atom stereocenters. The van der Waals surface area contributed by atoms with Crippen molar-refractivity contribution in [3.8, 4) is 18.1 Å². The Bertz CT molecular complexity index is 376. The standard InChI is InChI=1S/C8H3BrN2O/c9-7-3-6(4-10)1-2-8(7)12-5-11/h1-3H. The summed E-state index contributed by atoms with van der Waals surface area (Å²) < 4.78 is 5.19. The second-order valence-electron chi connectivity index (χ2n) is 1.95. The molecule has 0 atom stereocenters. The van der Waals surface area contributed by atoms with E-state index in [-0.39, 0.29) is 0 Å². The van der Waals surface area contributed by atoms with Crippen molar-refractivity contribution in [2.75, 3.05) is 0 Å². The molecule has 1 rings (SSSR count). The zero-order valence-corrected chi connectivity index (χ0v) is 7.50. The fourth-order valence-corrected chi connectivity index (χ4v) is 1.16. The van der Waals surface area contributed by atoms with Crippen molar-refractivity contribution < 1.29 is 4.74 Å². The maximum atomic E-state index is 8.51. The molecule has 3 nitrogen and oxygen atoms in total. The molecule has 0 aliphatic rings. The lowest BCUT2D eigenvalue weighted by atomic mass is 10.2. The molecule has 0 radical (unpaired) electrons. The number of hydrogen-bond donors (Lipinski definition) is 0. The van der Waals surface area contributed by atoms with E-state index in [4.69, 9.17) is 10.5 Å². The summed E-state index contributed by atoms with van der Waals surface area (Å²) in [6.45, 7) is 0. The third-order valence-corrected chi connectivity index (χ3v) is 1.84. The summed E-state index contributed by atoms with van der Waals surface area (Å²) >= 11 is 3.16. The predicted molar refractivity (Wildman–Crippen MR) is 45.1 cm³/mol. The largest absolute Gasteiger partial charge is 0.387 e. The minimum atomic E-state index is 0.413. The van der Waals surface area contributed by atoms with Crippen LogP contribution in [0.2, 0.25) is 0 Å². The molecular formula is C8H3BrN2O. The molecule has 58 valence electrons. The van der Waals surface area contributed by atoms with Gasteiger partial charge < -0.3 is 4.74 Å². The quantitative estimate of drug-likeness (QED) is 0.685. The van der Waals surface area contributed by atoms with Crippen molar-refractivity contribution in [1.82, 2.24) is 0 Å². The van der Waals surface area contributed by atoms with Crippen LogP contribution >= 0.6 is 15.9 Å². The molecule has 0 saturated heterocycles. The molecule has 12 heavy (non-hydrogen) atoms. The Balaban J connectivity index is 3.07. The van der Waals surface area contributed by atoms with E-state index < -0.39 is 0 Å². The van der Waals surface area contributed by atoms with Gasteiger partial charge in [-0.3, -0.25) is 0 Å². The molecule has 1 aromatic rings. The normalized spacial score (nSPS) is 8.25. The molecule has 1 aromatic carbocycles. The molecule has 0 N–H and O–H groups in total. The Hall–Kier alpha value is -1.52. The molecule has 0 bridgehead atoms. The molecule has 0 aromatic heterocycles. The highest BCUT2D eigenvalue weighted by molar-refractivity contribution is 9.10. The first-order valence-corrected chi connectivity index (χ1v) is 3.83. The molecule has 0 spiro atoms. The van der Waals surface area contributed by atoms with Gasteiger partial charge in [0.05, 0.1) is 16.1 Å². The van der Waals surface area contributed by atoms with Gasteiger partial charge in [-0.2, -0.15) is 5.26 Å². The highest BCUT2D eigenvalue weighted by Gasteiger charge is 2.01. The number of halogens is 1. The molecular weight excluding hydrogens is 220 g/mol. The SMILES string of the molecule is N#COc1ccc(C#N)cc1Br. The fraction of sp³-hybridized carbons (Fsp3) is 0. The summed E-state index contributed by atoms with van der Waals surface area (Å²) in [6.07, 6.45) is 1.55. The molecule has 0 heterocycles. The van der Waals surface area contributed by atoms with E-state index in [1.165, 1.54) is 0 Å². The third kappa shape index (κ3) is 1.75. The van der Waals surface area contributed by atoms with E-state index in [1.54, 1.807) is 24.5 Å². The monoisotopic (exact) mass is 222 g/mol. The van der Waals surface area contributed by atoms with Crippen LogP contribution in [0, 0.1) is 22.8 Å². The first-order chi connectivity index (χ1) is 5.77. The maximum absolute atomic E-state index is 8.51. The molecule has 0 aliphatic heterocycles. The Kier molecular flexibility index (Phi) is 2.68. The van der Waals surface area contributed by atoms with Gasteiger partial charge in [0.2, 0.25) is 0 Å². The molecule has 0 aliphatic carbocycles. The van der Waals surface area contributed by atoms with Crippen LogP contribution in [-0.2, 0) is 0 Å². The Labute approximate surface area is 77.9 Å². The summed E-state index contributed by atoms with van der Waals surface area (Å²) in [7, 11) is 0. The van der Waals surface area contributed by atoms with Gasteiger partial charge in [0.15, 0.2) is 5.75 Å². The summed E-state index contributed by atoms with van der Waals surface area (Å²) in [4.78, 5) is 0. The van der Waals surface area contributed by atoms with Crippen LogP contribution in [0.1, 0.15) is 5.56 Å². The average Bonchev–Trinajstić information content (AvgIpc) is 2.09. The highest BCUT2D eigenvalue weighted by Crippen LogP contribution is 2.25. The average molecular weight is 223 g/mol. The number of nitriles is 2. The van der Waals surface area contributed by atoms with Gasteiger partial charge in [0, 0.05) is 0 Å². The highest BCUT2D eigenvalue weighted by atomic mass is 79.9. The van der Waals surface area contributed by atoms with Crippen molar-refractivity contribution in [3.63, 3.8) is 0 Å². The minimum absolute atomic E-state index is 0.413. The van der Waals surface area contributed by atoms with Crippen LogP contribution in [0.4, 0.5) is 0 Å². The molecule has 0 fully saturated rings. The predicted octanol–water partition coefficient (Wildman–Crippen LogP) is 2.18. The number of benzene rings is 1. The fourth-order valence-electron chi connectivity index (χ4n) is 0.702. The van der Waals surface area contributed by atoms with Crippen molar-refractivity contribution >= 4 is 15.9 Å². The maximum Gasteiger partial charge on any atom is 0.292 e. The number of hydrogen-bond acceptors (Lipinski definition) is 3. The van der Waals surface area contributed by atoms with Gasteiger partial charge in [-0.25, -0.2) is 0 Å². The second kappa shape index (κ2) is 3.75.